The Balaban J connectivity index is 2.55. The molecule has 0 aliphatic heterocycles. The first-order valence-electron chi connectivity index (χ1n) is 4.30. The van der Waals surface area contributed by atoms with Crippen molar-refractivity contribution in [1.29, 1.82) is 0 Å². The Morgan fingerprint density at radius 3 is 1.17 bits per heavy atom. The Morgan fingerprint density at radius 1 is 0.417 bits per heavy atom. The molecule has 0 bridgehead atoms. The van der Waals surface area contributed by atoms with Crippen molar-refractivity contribution in [2.45, 2.75) is 12.8 Å². The van der Waals surface area contributed by atoms with E-state index in [4.69, 9.17) is 0 Å². The minimum atomic E-state index is 1.01. The smallest absolute Gasteiger partial charge is 0.0163 e. The molecule has 0 spiro atoms. The van der Waals surface area contributed by atoms with Crippen LogP contribution in [0, 0.1) is 0 Å². The molecule has 0 amide bonds. The van der Waals surface area contributed by atoms with Crippen molar-refractivity contribution in [1.82, 2.24) is 0 Å². The van der Waals surface area contributed by atoms with Crippen LogP contribution in [0.25, 0.3) is 0 Å². The maximum absolute atomic E-state index is 2.14. The minimum Gasteiger partial charge on any atom is -0.0808 e. The minimum absolute atomic E-state index is 1.01. The first-order chi connectivity index (χ1) is 6.00. The highest BCUT2D eigenvalue weighted by molar-refractivity contribution is 5.15. The van der Waals surface area contributed by atoms with E-state index in [1.165, 1.54) is 0 Å². The van der Waals surface area contributed by atoms with Crippen molar-refractivity contribution in [3.05, 3.63) is 60.8 Å². The van der Waals surface area contributed by atoms with Gasteiger partial charge in [0.2, 0.25) is 0 Å². The molecule has 0 saturated heterocycles. The van der Waals surface area contributed by atoms with Crippen LogP contribution in [0.4, 0.5) is 0 Å². The van der Waals surface area contributed by atoms with Gasteiger partial charge in [0.25, 0.3) is 0 Å². The van der Waals surface area contributed by atoms with Crippen molar-refractivity contribution in [3.8, 4) is 0 Å². The lowest BCUT2D eigenvalue weighted by Crippen LogP contribution is -1.61. The Labute approximate surface area is 74.3 Å². The fourth-order valence-corrected chi connectivity index (χ4v) is 0.914. The molecule has 0 saturated carbocycles. The van der Waals surface area contributed by atoms with Crippen molar-refractivity contribution < 1.29 is 0 Å². The van der Waals surface area contributed by atoms with Crippen LogP contribution in [0.3, 0.4) is 0 Å². The molecule has 0 heterocycles. The van der Waals surface area contributed by atoms with E-state index in [1.54, 1.807) is 0 Å². The van der Waals surface area contributed by atoms with Gasteiger partial charge in [-0.05, 0) is 12.8 Å². The average Bonchev–Trinajstić information content (AvgIpc) is 2.05. The van der Waals surface area contributed by atoms with Crippen LogP contribution < -0.4 is 0 Å². The molecular weight excluding hydrogens is 144 g/mol. The van der Waals surface area contributed by atoms with Gasteiger partial charge in [-0.15, -0.1) is 0 Å². The summed E-state index contributed by atoms with van der Waals surface area (Å²) in [5, 5.41) is 0. The summed E-state index contributed by atoms with van der Waals surface area (Å²) >= 11 is 0. The summed E-state index contributed by atoms with van der Waals surface area (Å²) in [7, 11) is 0. The maximum Gasteiger partial charge on any atom is -0.0163 e. The molecule has 0 aromatic heterocycles. The van der Waals surface area contributed by atoms with Crippen LogP contribution in [0.1, 0.15) is 12.8 Å². The predicted octanol–water partition coefficient (Wildman–Crippen LogP) is 3.56. The van der Waals surface area contributed by atoms with Gasteiger partial charge in [0.15, 0.2) is 0 Å². The normalized spacial score (nSPS) is 25.3. The van der Waals surface area contributed by atoms with E-state index in [0.717, 1.165) is 12.8 Å². The molecule has 1 aliphatic rings. The Kier molecular flexibility index (Phi) is 4.70. The molecule has 0 aromatic carbocycles. The molecule has 0 radical (unpaired) electrons. The summed E-state index contributed by atoms with van der Waals surface area (Å²) in [6, 6.07) is 0. The fraction of sp³-hybridized carbons (Fsp3) is 0.167. The largest absolute Gasteiger partial charge is 0.0808 e. The van der Waals surface area contributed by atoms with Crippen LogP contribution in [0.15, 0.2) is 60.8 Å². The zero-order valence-electron chi connectivity index (χ0n) is 7.19. The third-order valence-electron chi connectivity index (χ3n) is 1.53. The van der Waals surface area contributed by atoms with Gasteiger partial charge in [-0.25, -0.2) is 0 Å². The summed E-state index contributed by atoms with van der Waals surface area (Å²) in [4.78, 5) is 0. The summed E-state index contributed by atoms with van der Waals surface area (Å²) in [6.07, 6.45) is 23.0. The molecule has 1 aliphatic carbocycles. The summed E-state index contributed by atoms with van der Waals surface area (Å²) in [5.41, 5.74) is 0. The molecule has 0 heteroatoms. The standard InChI is InChI=1S/C12H14/c1-2-4-6-8-10-12-11-9-7-5-3-1/h1-6,9-12H,7-8H2/b2-1?,5-3+,6-4?,11-9-,12-10+. The monoisotopic (exact) mass is 158 g/mol. The van der Waals surface area contributed by atoms with Crippen LogP contribution in [0.5, 0.6) is 0 Å². The highest BCUT2D eigenvalue weighted by Gasteiger charge is 1.71. The molecule has 62 valence electrons. The van der Waals surface area contributed by atoms with E-state index in [-0.39, 0.29) is 0 Å². The molecule has 0 aromatic rings. The third kappa shape index (κ3) is 4.51. The van der Waals surface area contributed by atoms with Gasteiger partial charge < -0.3 is 0 Å². The second kappa shape index (κ2) is 6.41. The van der Waals surface area contributed by atoms with Crippen molar-refractivity contribution in [3.63, 3.8) is 0 Å². The first-order valence-corrected chi connectivity index (χ1v) is 4.30. The topological polar surface area (TPSA) is 0 Å². The number of allylic oxidation sites excluding steroid dienone is 10. The molecular formula is C12H14. The molecule has 0 unspecified atom stereocenters. The number of hydrogen-bond donors (Lipinski definition) is 0. The van der Waals surface area contributed by atoms with Crippen LogP contribution >= 0.6 is 0 Å². The van der Waals surface area contributed by atoms with E-state index < -0.39 is 0 Å². The summed E-state index contributed by atoms with van der Waals surface area (Å²) in [6.45, 7) is 0. The van der Waals surface area contributed by atoms with E-state index in [1.807, 2.05) is 0 Å². The zero-order chi connectivity index (χ0) is 8.49. The Hall–Kier alpha value is -1.30. The number of hydrogen-bond acceptors (Lipinski definition) is 0. The van der Waals surface area contributed by atoms with E-state index in [9.17, 15) is 0 Å². The van der Waals surface area contributed by atoms with Gasteiger partial charge in [-0.3, -0.25) is 0 Å². The molecule has 0 atom stereocenters. The Bertz CT molecular complexity index is 211. The highest BCUT2D eigenvalue weighted by atomic mass is 13.8. The van der Waals surface area contributed by atoms with E-state index >= 15 is 0 Å². The SMILES string of the molecule is C1=C/C=C/C/C=C\C=C\CC=C1. The Morgan fingerprint density at radius 2 is 0.750 bits per heavy atom. The lowest BCUT2D eigenvalue weighted by atomic mass is 10.2. The molecule has 0 N–H and O–H groups in total. The second-order valence-corrected chi connectivity index (χ2v) is 2.57. The van der Waals surface area contributed by atoms with Gasteiger partial charge in [0.1, 0.15) is 0 Å². The van der Waals surface area contributed by atoms with Crippen LogP contribution in [0.2, 0.25) is 0 Å². The quantitative estimate of drug-likeness (QED) is 0.505. The molecule has 12 heavy (non-hydrogen) atoms. The number of rotatable bonds is 0. The maximum atomic E-state index is 2.14. The summed E-state index contributed by atoms with van der Waals surface area (Å²) in [5.74, 6) is 0. The van der Waals surface area contributed by atoms with Gasteiger partial charge in [0, 0.05) is 0 Å². The van der Waals surface area contributed by atoms with Crippen LogP contribution in [-0.4, -0.2) is 0 Å². The van der Waals surface area contributed by atoms with Gasteiger partial charge >= 0.3 is 0 Å². The van der Waals surface area contributed by atoms with Crippen LogP contribution in [-0.2, 0) is 0 Å². The molecule has 1 rings (SSSR count). The van der Waals surface area contributed by atoms with Crippen molar-refractivity contribution in [2.24, 2.45) is 0 Å². The van der Waals surface area contributed by atoms with E-state index in [0.29, 0.717) is 0 Å². The lowest BCUT2D eigenvalue weighted by Gasteiger charge is -1.82. The third-order valence-corrected chi connectivity index (χ3v) is 1.53. The van der Waals surface area contributed by atoms with Crippen molar-refractivity contribution >= 4 is 0 Å². The lowest BCUT2D eigenvalue weighted by molar-refractivity contribution is 1.37. The zero-order valence-corrected chi connectivity index (χ0v) is 7.19. The first kappa shape index (κ1) is 8.79. The van der Waals surface area contributed by atoms with E-state index in [2.05, 4.69) is 60.8 Å². The van der Waals surface area contributed by atoms with Gasteiger partial charge in [-0.2, -0.15) is 0 Å². The second-order valence-electron chi connectivity index (χ2n) is 2.57. The fourth-order valence-electron chi connectivity index (χ4n) is 0.914. The van der Waals surface area contributed by atoms with Crippen molar-refractivity contribution in [2.75, 3.05) is 0 Å². The summed E-state index contributed by atoms with van der Waals surface area (Å²) < 4.78 is 0. The highest BCUT2D eigenvalue weighted by Crippen LogP contribution is 1.93. The van der Waals surface area contributed by atoms with Gasteiger partial charge in [0.05, 0.1) is 0 Å². The molecule has 0 fully saturated rings. The average molecular weight is 158 g/mol. The van der Waals surface area contributed by atoms with Gasteiger partial charge in [-0.1, -0.05) is 60.8 Å². The molecule has 0 nitrogen and oxygen atoms in total. The predicted molar refractivity (Wildman–Crippen MR) is 54.9 cm³/mol.